The Kier molecular flexibility index (Phi) is 5.17. The van der Waals surface area contributed by atoms with Gasteiger partial charge in [-0.1, -0.05) is 32.0 Å². The molecule has 154 valence electrons. The van der Waals surface area contributed by atoms with Crippen molar-refractivity contribution in [2.45, 2.75) is 25.2 Å². The number of anilines is 3. The van der Waals surface area contributed by atoms with E-state index in [1.165, 1.54) is 18.4 Å². The quantitative estimate of drug-likeness (QED) is 0.635. The Morgan fingerprint density at radius 2 is 1.90 bits per heavy atom. The van der Waals surface area contributed by atoms with Crippen LogP contribution in [0.2, 0.25) is 0 Å². The van der Waals surface area contributed by atoms with Crippen LogP contribution in [-0.4, -0.2) is 20.2 Å². The molecule has 0 saturated heterocycles. The number of hydrogen-bond acceptors (Lipinski definition) is 5. The van der Waals surface area contributed by atoms with Gasteiger partial charge < -0.3 is 9.73 Å². The summed E-state index contributed by atoms with van der Waals surface area (Å²) in [5.41, 5.74) is 1.66. The third kappa shape index (κ3) is 3.61. The van der Waals surface area contributed by atoms with E-state index in [-0.39, 0.29) is 16.6 Å². The molecule has 4 rings (SSSR count). The third-order valence-corrected chi connectivity index (χ3v) is 6.30. The number of furan rings is 1. The maximum absolute atomic E-state index is 13.0. The zero-order valence-corrected chi connectivity index (χ0v) is 17.4. The zero-order valence-electron chi connectivity index (χ0n) is 16.6. The molecule has 7 nitrogen and oxygen atoms in total. The lowest BCUT2D eigenvalue weighted by atomic mass is 10.1. The van der Waals surface area contributed by atoms with E-state index in [0.717, 1.165) is 12.1 Å². The van der Waals surface area contributed by atoms with Crippen molar-refractivity contribution in [1.82, 2.24) is 0 Å². The van der Waals surface area contributed by atoms with Crippen LogP contribution in [0.3, 0.4) is 0 Å². The smallest absolute Gasteiger partial charge is 0.291 e. The molecule has 1 aromatic heterocycles. The van der Waals surface area contributed by atoms with Gasteiger partial charge >= 0.3 is 0 Å². The van der Waals surface area contributed by atoms with Crippen molar-refractivity contribution in [2.75, 3.05) is 10.2 Å². The van der Waals surface area contributed by atoms with Gasteiger partial charge in [0.1, 0.15) is 10.7 Å². The molecule has 1 atom stereocenters. The lowest BCUT2D eigenvalue weighted by Gasteiger charge is -2.33. The molecule has 2 aromatic carbocycles. The molecule has 0 radical (unpaired) electrons. The summed E-state index contributed by atoms with van der Waals surface area (Å²) in [6, 6.07) is 17.4. The highest BCUT2D eigenvalue weighted by Gasteiger charge is 2.34. The largest absolute Gasteiger partial charge is 0.459 e. The predicted molar refractivity (Wildman–Crippen MR) is 116 cm³/mol. The highest BCUT2D eigenvalue weighted by atomic mass is 32.2. The van der Waals surface area contributed by atoms with E-state index in [2.05, 4.69) is 9.71 Å². The summed E-state index contributed by atoms with van der Waals surface area (Å²) < 4.78 is 35.2. The van der Waals surface area contributed by atoms with Gasteiger partial charge in [0.25, 0.3) is 15.9 Å². The molecule has 1 aliphatic heterocycles. The molecule has 1 amide bonds. The predicted octanol–water partition coefficient (Wildman–Crippen LogP) is 4.82. The molecule has 8 heteroatoms. The Morgan fingerprint density at radius 1 is 1.13 bits per heavy atom. The standard InChI is InChI=1S/C22H21N3O4S/c1-3-15(2)21-24-30(27,28)20-14-16(23-22(26)19-10-7-13-29-19)11-12-18(20)25(21)17-8-5-4-6-9-17/h4-15H,3H2,1-2H3,(H,23,26)/t15-/m1/s1. The normalized spacial score (nSPS) is 15.8. The minimum absolute atomic E-state index is 0.0376. The summed E-state index contributed by atoms with van der Waals surface area (Å²) >= 11 is 0. The van der Waals surface area contributed by atoms with E-state index in [4.69, 9.17) is 4.42 Å². The minimum atomic E-state index is -3.93. The molecule has 0 spiro atoms. The summed E-state index contributed by atoms with van der Waals surface area (Å²) in [6.45, 7) is 3.94. The van der Waals surface area contributed by atoms with Crippen molar-refractivity contribution < 1.29 is 17.6 Å². The lowest BCUT2D eigenvalue weighted by molar-refractivity contribution is 0.0996. The molecular formula is C22H21N3O4S. The van der Waals surface area contributed by atoms with Crippen molar-refractivity contribution in [3.05, 3.63) is 72.7 Å². The molecule has 0 bridgehead atoms. The molecule has 0 aliphatic carbocycles. The van der Waals surface area contributed by atoms with Gasteiger partial charge in [-0.3, -0.25) is 9.69 Å². The van der Waals surface area contributed by atoms with Crippen LogP contribution < -0.4 is 10.2 Å². The third-order valence-electron chi connectivity index (χ3n) is 4.99. The second-order valence-electron chi connectivity index (χ2n) is 7.02. The van der Waals surface area contributed by atoms with Gasteiger partial charge in [0.2, 0.25) is 0 Å². The summed E-state index contributed by atoms with van der Waals surface area (Å²) in [5, 5.41) is 2.67. The summed E-state index contributed by atoms with van der Waals surface area (Å²) in [7, 11) is -3.93. The van der Waals surface area contributed by atoms with E-state index in [1.807, 2.05) is 49.1 Å². The first-order valence-electron chi connectivity index (χ1n) is 9.59. The van der Waals surface area contributed by atoms with Gasteiger partial charge in [-0.15, -0.1) is 4.40 Å². The van der Waals surface area contributed by atoms with Crippen LogP contribution in [0.15, 0.2) is 80.6 Å². The number of carbonyl (C=O) groups excluding carboxylic acids is 1. The number of para-hydroxylation sites is 1. The van der Waals surface area contributed by atoms with E-state index in [0.29, 0.717) is 17.2 Å². The number of benzene rings is 2. The SMILES string of the molecule is CC[C@@H](C)C1=NS(=O)(=O)c2cc(NC(=O)c3ccco3)ccc2N1c1ccccc1. The maximum Gasteiger partial charge on any atom is 0.291 e. The molecule has 0 fully saturated rings. The van der Waals surface area contributed by atoms with E-state index < -0.39 is 15.9 Å². The van der Waals surface area contributed by atoms with Gasteiger partial charge in [-0.05, 0) is 48.9 Å². The molecule has 2 heterocycles. The van der Waals surface area contributed by atoms with E-state index in [9.17, 15) is 13.2 Å². The van der Waals surface area contributed by atoms with Gasteiger partial charge in [0, 0.05) is 17.3 Å². The Morgan fingerprint density at radius 3 is 2.57 bits per heavy atom. The number of carbonyl (C=O) groups is 1. The van der Waals surface area contributed by atoms with Crippen molar-refractivity contribution >= 4 is 38.8 Å². The number of amidine groups is 1. The fourth-order valence-corrected chi connectivity index (χ4v) is 4.57. The Balaban J connectivity index is 1.81. The Bertz CT molecular complexity index is 1200. The van der Waals surface area contributed by atoms with Crippen molar-refractivity contribution in [2.24, 2.45) is 10.3 Å². The fraction of sp³-hybridized carbons (Fsp3) is 0.182. The highest BCUT2D eigenvalue weighted by molar-refractivity contribution is 7.90. The maximum atomic E-state index is 13.0. The monoisotopic (exact) mass is 423 g/mol. The van der Waals surface area contributed by atoms with Crippen LogP contribution in [0.1, 0.15) is 30.8 Å². The molecule has 0 saturated carbocycles. The van der Waals surface area contributed by atoms with Gasteiger partial charge in [0.15, 0.2) is 5.76 Å². The summed E-state index contributed by atoms with van der Waals surface area (Å²) in [6.07, 6.45) is 2.14. The number of hydrogen-bond donors (Lipinski definition) is 1. The number of nitrogens with zero attached hydrogens (tertiary/aromatic N) is 2. The number of fused-ring (bicyclic) bond motifs is 1. The van der Waals surface area contributed by atoms with Crippen LogP contribution >= 0.6 is 0 Å². The summed E-state index contributed by atoms with van der Waals surface area (Å²) in [4.78, 5) is 14.2. The molecule has 1 aliphatic rings. The van der Waals surface area contributed by atoms with Gasteiger partial charge in [-0.2, -0.15) is 8.42 Å². The second kappa shape index (κ2) is 7.79. The zero-order chi connectivity index (χ0) is 21.3. The number of rotatable bonds is 5. The molecule has 1 N–H and O–H groups in total. The first-order chi connectivity index (χ1) is 14.4. The first kappa shape index (κ1) is 19.9. The van der Waals surface area contributed by atoms with Crippen LogP contribution in [0, 0.1) is 5.92 Å². The molecule has 0 unspecified atom stereocenters. The topological polar surface area (TPSA) is 92.0 Å². The summed E-state index contributed by atoms with van der Waals surface area (Å²) in [5.74, 6) is 0.0884. The minimum Gasteiger partial charge on any atom is -0.459 e. The first-order valence-corrected chi connectivity index (χ1v) is 11.0. The van der Waals surface area contributed by atoms with E-state index >= 15 is 0 Å². The van der Waals surface area contributed by atoms with E-state index in [1.54, 1.807) is 18.2 Å². The van der Waals surface area contributed by atoms with Gasteiger partial charge in [-0.25, -0.2) is 0 Å². The second-order valence-corrected chi connectivity index (χ2v) is 8.59. The van der Waals surface area contributed by atoms with Crippen molar-refractivity contribution in [3.63, 3.8) is 0 Å². The molecule has 3 aromatic rings. The van der Waals surface area contributed by atoms with Crippen LogP contribution in [0.5, 0.6) is 0 Å². The van der Waals surface area contributed by atoms with Crippen LogP contribution in [0.25, 0.3) is 0 Å². The Hall–Kier alpha value is -3.39. The van der Waals surface area contributed by atoms with Gasteiger partial charge in [0.05, 0.1) is 12.0 Å². The van der Waals surface area contributed by atoms with Crippen molar-refractivity contribution in [3.8, 4) is 0 Å². The van der Waals surface area contributed by atoms with Crippen LogP contribution in [0.4, 0.5) is 17.1 Å². The highest BCUT2D eigenvalue weighted by Crippen LogP contribution is 2.40. The molecular weight excluding hydrogens is 402 g/mol. The van der Waals surface area contributed by atoms with Crippen molar-refractivity contribution in [1.29, 1.82) is 0 Å². The average molecular weight is 423 g/mol. The number of nitrogens with one attached hydrogen (secondary N) is 1. The fourth-order valence-electron chi connectivity index (χ4n) is 3.26. The Labute approximate surface area is 175 Å². The average Bonchev–Trinajstić information content (AvgIpc) is 3.29. The molecule has 30 heavy (non-hydrogen) atoms. The number of amides is 1. The van der Waals surface area contributed by atoms with Crippen LogP contribution in [-0.2, 0) is 10.0 Å². The lowest BCUT2D eigenvalue weighted by Crippen LogP contribution is -2.36. The number of sulfonamides is 1.